The third kappa shape index (κ3) is 7.54. The Hall–Kier alpha value is -5.64. The molecule has 6 rings (SSSR count). The highest BCUT2D eigenvalue weighted by atomic mass is 16.6. The first-order chi connectivity index (χ1) is 28.1. The average Bonchev–Trinajstić information content (AvgIpc) is 3.59. The Morgan fingerprint density at radius 3 is 2.02 bits per heavy atom. The number of benzene rings is 1. The third-order valence-corrected chi connectivity index (χ3v) is 12.3. The number of nitrogens with zero attached hydrogens (tertiary/aromatic N) is 1. The van der Waals surface area contributed by atoms with Gasteiger partial charge in [0, 0.05) is 64.8 Å². The van der Waals surface area contributed by atoms with E-state index in [1.165, 1.54) is 57.4 Å². The summed E-state index contributed by atoms with van der Waals surface area (Å²) in [5.41, 5.74) is -8.86. The fraction of sp³-hybridized carbons (Fsp3) is 0.545. The Bertz CT molecular complexity index is 2070. The zero-order valence-corrected chi connectivity index (χ0v) is 35.1. The molecule has 16 nitrogen and oxygen atoms in total. The first kappa shape index (κ1) is 43.9. The van der Waals surface area contributed by atoms with Crippen molar-refractivity contribution < 1.29 is 71.5 Å². The molecule has 60 heavy (non-hydrogen) atoms. The van der Waals surface area contributed by atoms with Crippen LogP contribution in [0.2, 0.25) is 0 Å². The van der Waals surface area contributed by atoms with Gasteiger partial charge in [0.05, 0.1) is 29.1 Å². The lowest BCUT2D eigenvalue weighted by atomic mass is 9.53. The molecule has 0 unspecified atom stereocenters. The summed E-state index contributed by atoms with van der Waals surface area (Å²) in [7, 11) is 0. The number of fused-ring (bicyclic) bond motifs is 1. The molecule has 2 saturated carbocycles. The van der Waals surface area contributed by atoms with E-state index in [9.17, 15) is 33.6 Å². The van der Waals surface area contributed by atoms with E-state index in [4.69, 9.17) is 37.9 Å². The van der Waals surface area contributed by atoms with E-state index < -0.39 is 118 Å². The second-order valence-electron chi connectivity index (χ2n) is 16.8. The fourth-order valence-electron chi connectivity index (χ4n) is 10.4. The number of ether oxygens (including phenoxy) is 8. The third-order valence-electron chi connectivity index (χ3n) is 12.3. The summed E-state index contributed by atoms with van der Waals surface area (Å²) in [5, 5.41) is 0. The number of carbonyl (C=O) groups excluding carboxylic acids is 7. The SMILES string of the molecule is CCC(=O)O[C@@H]1[C@@H]2[C@@H](OC(C)=O)[C@@]34CO[C@@](C)([C@@H](OC(=O)c5ccccc5)[C@@]2(OC(C)=O)C[C@@]1(C)OC(=O)c1cccnc1)[C@@H]3[C@@H](C(C)(C)OC(C)=O)C=C[C@H]4OC(C)=O. The van der Waals surface area contributed by atoms with Crippen LogP contribution < -0.4 is 0 Å². The maximum absolute atomic E-state index is 14.5. The Morgan fingerprint density at radius 1 is 0.767 bits per heavy atom. The molecule has 1 aromatic heterocycles. The lowest BCUT2D eigenvalue weighted by Gasteiger charge is -2.53. The van der Waals surface area contributed by atoms with Gasteiger partial charge in [-0.1, -0.05) is 31.2 Å². The van der Waals surface area contributed by atoms with Crippen LogP contribution in [0.4, 0.5) is 0 Å². The van der Waals surface area contributed by atoms with Crippen molar-refractivity contribution in [1.29, 1.82) is 0 Å². The highest BCUT2D eigenvalue weighted by Crippen LogP contribution is 2.70. The summed E-state index contributed by atoms with van der Waals surface area (Å²) in [6.07, 6.45) is -0.781. The summed E-state index contributed by atoms with van der Waals surface area (Å²) >= 11 is 0. The quantitative estimate of drug-likeness (QED) is 0.171. The second-order valence-corrected chi connectivity index (χ2v) is 16.8. The van der Waals surface area contributed by atoms with E-state index >= 15 is 0 Å². The van der Waals surface area contributed by atoms with E-state index in [0.717, 1.165) is 13.8 Å². The number of carbonyl (C=O) groups is 7. The van der Waals surface area contributed by atoms with E-state index in [1.807, 2.05) is 0 Å². The van der Waals surface area contributed by atoms with Gasteiger partial charge in [-0.3, -0.25) is 29.0 Å². The molecule has 1 aromatic carbocycles. The Labute approximate surface area is 347 Å². The molecule has 2 aromatic rings. The smallest absolute Gasteiger partial charge is 0.340 e. The van der Waals surface area contributed by atoms with Crippen molar-refractivity contribution in [3.8, 4) is 0 Å². The van der Waals surface area contributed by atoms with Crippen LogP contribution in [0.3, 0.4) is 0 Å². The van der Waals surface area contributed by atoms with Gasteiger partial charge in [0.15, 0.2) is 23.4 Å². The maximum Gasteiger partial charge on any atom is 0.340 e. The standard InChI is InChI=1S/C44H51NO15/c1-10-32(50)56-35-33-36(55-25(3)47)43-23-53-42(9,34(43)30(40(6,7)58-26(4)48)18-19-31(43)54-24(2)46)39(57-37(51)28-15-12-11-13-16-28)44(33,59-27(5)49)22-41(35,8)60-38(52)29-17-14-20-45-21-29/h11-21,30-31,33-36,39H,10,22-23H2,1-9H3/t30-,31+,33+,34-,35+,36+,39+,41+,42+,43+,44+/m0/s1. The van der Waals surface area contributed by atoms with Crippen LogP contribution in [0, 0.1) is 23.2 Å². The largest absolute Gasteiger partial charge is 0.461 e. The average molecular weight is 834 g/mol. The van der Waals surface area contributed by atoms with Gasteiger partial charge < -0.3 is 37.9 Å². The van der Waals surface area contributed by atoms with Crippen LogP contribution in [0.5, 0.6) is 0 Å². The van der Waals surface area contributed by atoms with Gasteiger partial charge in [-0.25, -0.2) is 9.59 Å². The molecule has 4 aliphatic rings. The molecule has 11 atom stereocenters. The van der Waals surface area contributed by atoms with Crippen LogP contribution in [0.15, 0.2) is 67.0 Å². The molecule has 2 heterocycles. The van der Waals surface area contributed by atoms with Crippen LogP contribution in [-0.2, 0) is 61.9 Å². The highest BCUT2D eigenvalue weighted by Gasteiger charge is 2.85. The molecule has 322 valence electrons. The number of rotatable bonds is 11. The predicted molar refractivity (Wildman–Crippen MR) is 206 cm³/mol. The Balaban J connectivity index is 1.74. The van der Waals surface area contributed by atoms with E-state index in [0.29, 0.717) is 0 Å². The summed E-state index contributed by atoms with van der Waals surface area (Å²) in [6.45, 7) is 12.4. The molecule has 0 radical (unpaired) electrons. The summed E-state index contributed by atoms with van der Waals surface area (Å²) in [5.74, 6) is -9.05. The molecule has 1 aliphatic heterocycles. The van der Waals surface area contributed by atoms with Crippen molar-refractivity contribution in [2.24, 2.45) is 23.2 Å². The van der Waals surface area contributed by atoms with E-state index in [2.05, 4.69) is 4.98 Å². The van der Waals surface area contributed by atoms with Gasteiger partial charge >= 0.3 is 41.8 Å². The molecule has 0 N–H and O–H groups in total. The van der Waals surface area contributed by atoms with Gasteiger partial charge in [0.25, 0.3) is 0 Å². The molecule has 0 spiro atoms. The number of hydrogen-bond acceptors (Lipinski definition) is 16. The van der Waals surface area contributed by atoms with Crippen LogP contribution >= 0.6 is 0 Å². The minimum absolute atomic E-state index is 0.0356. The van der Waals surface area contributed by atoms with Gasteiger partial charge in [-0.05, 0) is 58.0 Å². The molecular weight excluding hydrogens is 782 g/mol. The van der Waals surface area contributed by atoms with E-state index in [-0.39, 0.29) is 24.2 Å². The second kappa shape index (κ2) is 16.1. The minimum Gasteiger partial charge on any atom is -0.461 e. The van der Waals surface area contributed by atoms with Crippen molar-refractivity contribution in [2.75, 3.05) is 6.61 Å². The molecule has 0 amide bonds. The van der Waals surface area contributed by atoms with Gasteiger partial charge in [-0.2, -0.15) is 0 Å². The molecular formula is C44H51NO15. The first-order valence-electron chi connectivity index (χ1n) is 19.8. The topological polar surface area (TPSA) is 206 Å². The predicted octanol–water partition coefficient (Wildman–Crippen LogP) is 4.66. The molecule has 16 heteroatoms. The monoisotopic (exact) mass is 833 g/mol. The zero-order chi connectivity index (χ0) is 44.0. The maximum atomic E-state index is 14.5. The number of pyridine rings is 1. The van der Waals surface area contributed by atoms with Crippen molar-refractivity contribution in [3.63, 3.8) is 0 Å². The van der Waals surface area contributed by atoms with Crippen molar-refractivity contribution in [2.45, 2.75) is 122 Å². The number of hydrogen-bond donors (Lipinski definition) is 0. The molecule has 3 fully saturated rings. The molecule has 2 bridgehead atoms. The summed E-state index contributed by atoms with van der Waals surface area (Å²) in [4.78, 5) is 99.3. The van der Waals surface area contributed by atoms with Gasteiger partial charge in [0.2, 0.25) is 0 Å². The Morgan fingerprint density at radius 2 is 1.43 bits per heavy atom. The number of aromatic nitrogens is 1. The molecule has 3 aliphatic carbocycles. The lowest BCUT2D eigenvalue weighted by Crippen LogP contribution is -2.64. The van der Waals surface area contributed by atoms with Gasteiger partial charge in [-0.15, -0.1) is 0 Å². The Kier molecular flexibility index (Phi) is 11.8. The summed E-state index contributed by atoms with van der Waals surface area (Å²) in [6, 6.07) is 11.0. The van der Waals surface area contributed by atoms with Crippen molar-refractivity contribution >= 4 is 41.8 Å². The highest BCUT2D eigenvalue weighted by molar-refractivity contribution is 5.90. The number of esters is 7. The summed E-state index contributed by atoms with van der Waals surface area (Å²) < 4.78 is 51.1. The van der Waals surface area contributed by atoms with Crippen LogP contribution in [0.25, 0.3) is 0 Å². The van der Waals surface area contributed by atoms with Crippen molar-refractivity contribution in [1.82, 2.24) is 4.98 Å². The fourth-order valence-corrected chi connectivity index (χ4v) is 10.4. The van der Waals surface area contributed by atoms with Crippen LogP contribution in [0.1, 0.15) is 95.9 Å². The van der Waals surface area contributed by atoms with E-state index in [1.54, 1.807) is 58.0 Å². The van der Waals surface area contributed by atoms with Gasteiger partial charge in [0.1, 0.15) is 23.4 Å². The zero-order valence-electron chi connectivity index (χ0n) is 35.1. The normalized spacial score (nSPS) is 33.8. The minimum atomic E-state index is -2.21. The lowest BCUT2D eigenvalue weighted by molar-refractivity contribution is -0.239. The first-order valence-corrected chi connectivity index (χ1v) is 19.8. The van der Waals surface area contributed by atoms with Crippen LogP contribution in [-0.4, -0.2) is 100 Å². The molecule has 1 saturated heterocycles. The van der Waals surface area contributed by atoms with Crippen molar-refractivity contribution in [3.05, 3.63) is 78.1 Å².